The van der Waals surface area contributed by atoms with Crippen LogP contribution >= 0.6 is 0 Å². The van der Waals surface area contributed by atoms with Crippen molar-refractivity contribution in [1.82, 2.24) is 4.98 Å². The van der Waals surface area contributed by atoms with E-state index in [-0.39, 0.29) is 12.2 Å². The summed E-state index contributed by atoms with van der Waals surface area (Å²) in [6.07, 6.45) is 1.70. The topological polar surface area (TPSA) is 91.2 Å². The van der Waals surface area contributed by atoms with Gasteiger partial charge in [0.1, 0.15) is 12.4 Å². The monoisotopic (exact) mass is 257 g/mol. The van der Waals surface area contributed by atoms with Crippen LogP contribution in [0.3, 0.4) is 0 Å². The van der Waals surface area contributed by atoms with Gasteiger partial charge in [-0.25, -0.2) is 0 Å². The van der Waals surface area contributed by atoms with E-state index >= 15 is 0 Å². The summed E-state index contributed by atoms with van der Waals surface area (Å²) in [6.45, 7) is 2.22. The summed E-state index contributed by atoms with van der Waals surface area (Å²) in [5.74, 6) is -0.160. The number of hydrogen-bond acceptors (Lipinski definition) is 4. The molecule has 4 N–H and O–H groups in total. The average molecular weight is 257 g/mol. The molecular weight excluding hydrogens is 242 g/mol. The van der Waals surface area contributed by atoms with E-state index in [1.807, 2.05) is 19.1 Å². The molecule has 0 aliphatic heterocycles. The van der Waals surface area contributed by atoms with Crippen molar-refractivity contribution in [1.29, 1.82) is 0 Å². The first-order chi connectivity index (χ1) is 9.08. The average Bonchev–Trinajstić information content (AvgIpc) is 2.38. The molecule has 1 aromatic heterocycles. The molecule has 19 heavy (non-hydrogen) atoms. The molecule has 1 heterocycles. The molecule has 1 aromatic carbocycles. The number of nitrogens with two attached hydrogens (primary N) is 2. The van der Waals surface area contributed by atoms with Crippen molar-refractivity contribution in [3.05, 3.63) is 53.3 Å². The van der Waals surface area contributed by atoms with E-state index in [1.54, 1.807) is 18.3 Å². The van der Waals surface area contributed by atoms with Crippen LogP contribution in [0.2, 0.25) is 0 Å². The van der Waals surface area contributed by atoms with Crippen molar-refractivity contribution in [2.45, 2.75) is 13.5 Å². The molecule has 2 rings (SSSR count). The smallest absolute Gasteiger partial charge is 0.252 e. The summed E-state index contributed by atoms with van der Waals surface area (Å²) in [7, 11) is 0. The Labute approximate surface area is 111 Å². The van der Waals surface area contributed by atoms with E-state index in [1.165, 1.54) is 6.07 Å². The van der Waals surface area contributed by atoms with E-state index in [2.05, 4.69) is 4.98 Å². The predicted octanol–water partition coefficient (Wildman–Crippen LogP) is 1.65. The minimum absolute atomic E-state index is 0.272. The van der Waals surface area contributed by atoms with E-state index in [0.29, 0.717) is 11.4 Å². The Morgan fingerprint density at radius 3 is 2.84 bits per heavy atom. The normalized spacial score (nSPS) is 10.2. The molecule has 5 nitrogen and oxygen atoms in total. The van der Waals surface area contributed by atoms with Crippen LogP contribution in [0.25, 0.3) is 0 Å². The van der Waals surface area contributed by atoms with Gasteiger partial charge in [0.15, 0.2) is 0 Å². The SMILES string of the molecule is Cc1cccnc1COc1ccc(N)cc1C(N)=O. The Morgan fingerprint density at radius 1 is 1.37 bits per heavy atom. The van der Waals surface area contributed by atoms with Crippen molar-refractivity contribution in [3.8, 4) is 5.75 Å². The van der Waals surface area contributed by atoms with Crippen LogP contribution in [-0.2, 0) is 6.61 Å². The molecule has 0 saturated heterocycles. The number of anilines is 1. The quantitative estimate of drug-likeness (QED) is 0.815. The second kappa shape index (κ2) is 5.39. The van der Waals surface area contributed by atoms with Gasteiger partial charge in [0.05, 0.1) is 11.3 Å². The van der Waals surface area contributed by atoms with E-state index in [0.717, 1.165) is 11.3 Å². The lowest BCUT2D eigenvalue weighted by Crippen LogP contribution is -2.14. The number of nitrogens with zero attached hydrogens (tertiary/aromatic N) is 1. The lowest BCUT2D eigenvalue weighted by molar-refractivity contribution is 0.0996. The van der Waals surface area contributed by atoms with E-state index in [9.17, 15) is 4.79 Å². The van der Waals surface area contributed by atoms with Gasteiger partial charge < -0.3 is 16.2 Å². The lowest BCUT2D eigenvalue weighted by atomic mass is 10.1. The highest BCUT2D eigenvalue weighted by atomic mass is 16.5. The number of benzene rings is 1. The maximum absolute atomic E-state index is 11.3. The molecule has 0 aliphatic carbocycles. The maximum Gasteiger partial charge on any atom is 0.252 e. The summed E-state index contributed by atoms with van der Waals surface area (Å²) in [5.41, 5.74) is 13.5. The Bertz CT molecular complexity index is 611. The third-order valence-corrected chi connectivity index (χ3v) is 2.75. The molecule has 2 aromatic rings. The van der Waals surface area contributed by atoms with Crippen LogP contribution in [0.1, 0.15) is 21.6 Å². The number of carbonyl (C=O) groups excluding carboxylic acids is 1. The summed E-state index contributed by atoms with van der Waals surface area (Å²) < 4.78 is 5.60. The molecule has 0 aliphatic rings. The van der Waals surface area contributed by atoms with Crippen LogP contribution in [0.4, 0.5) is 5.69 Å². The second-order valence-corrected chi connectivity index (χ2v) is 4.18. The van der Waals surface area contributed by atoms with Crippen molar-refractivity contribution < 1.29 is 9.53 Å². The number of hydrogen-bond donors (Lipinski definition) is 2. The first-order valence-electron chi connectivity index (χ1n) is 5.80. The number of aromatic nitrogens is 1. The Hall–Kier alpha value is -2.56. The maximum atomic E-state index is 11.3. The molecule has 5 heteroatoms. The van der Waals surface area contributed by atoms with Gasteiger partial charge in [-0.2, -0.15) is 0 Å². The van der Waals surface area contributed by atoms with Crippen molar-refractivity contribution in [3.63, 3.8) is 0 Å². The Balaban J connectivity index is 2.20. The zero-order chi connectivity index (χ0) is 13.8. The third-order valence-electron chi connectivity index (χ3n) is 2.75. The number of aryl methyl sites for hydroxylation is 1. The standard InChI is InChI=1S/C14H15N3O2/c1-9-3-2-6-17-12(9)8-19-13-5-4-10(15)7-11(13)14(16)18/h2-7H,8,15H2,1H3,(H2,16,18). The van der Waals surface area contributed by atoms with Crippen LogP contribution in [0.15, 0.2) is 36.5 Å². The minimum Gasteiger partial charge on any atom is -0.486 e. The number of pyridine rings is 1. The zero-order valence-corrected chi connectivity index (χ0v) is 10.6. The van der Waals surface area contributed by atoms with Crippen molar-refractivity contribution in [2.75, 3.05) is 5.73 Å². The van der Waals surface area contributed by atoms with Gasteiger partial charge >= 0.3 is 0 Å². The van der Waals surface area contributed by atoms with Crippen LogP contribution in [0, 0.1) is 6.92 Å². The summed E-state index contributed by atoms with van der Waals surface area (Å²) in [5, 5.41) is 0. The number of primary amides is 1. The second-order valence-electron chi connectivity index (χ2n) is 4.18. The van der Waals surface area contributed by atoms with Gasteiger partial charge in [-0.15, -0.1) is 0 Å². The van der Waals surface area contributed by atoms with Gasteiger partial charge in [0.25, 0.3) is 5.91 Å². The Morgan fingerprint density at radius 2 is 2.16 bits per heavy atom. The largest absolute Gasteiger partial charge is 0.486 e. The first-order valence-corrected chi connectivity index (χ1v) is 5.80. The van der Waals surface area contributed by atoms with Gasteiger partial charge in [-0.3, -0.25) is 9.78 Å². The van der Waals surface area contributed by atoms with Crippen LogP contribution < -0.4 is 16.2 Å². The highest BCUT2D eigenvalue weighted by molar-refractivity contribution is 5.96. The van der Waals surface area contributed by atoms with Gasteiger partial charge in [0.2, 0.25) is 0 Å². The number of rotatable bonds is 4. The molecule has 0 bridgehead atoms. The number of amides is 1. The fourth-order valence-corrected chi connectivity index (χ4v) is 1.68. The first kappa shape index (κ1) is 12.9. The zero-order valence-electron chi connectivity index (χ0n) is 10.6. The number of nitrogen functional groups attached to an aromatic ring is 1. The molecule has 0 radical (unpaired) electrons. The highest BCUT2D eigenvalue weighted by Crippen LogP contribution is 2.22. The predicted molar refractivity (Wildman–Crippen MR) is 72.7 cm³/mol. The summed E-state index contributed by atoms with van der Waals surface area (Å²) in [6, 6.07) is 8.60. The van der Waals surface area contributed by atoms with Crippen LogP contribution in [-0.4, -0.2) is 10.9 Å². The fourth-order valence-electron chi connectivity index (χ4n) is 1.68. The van der Waals surface area contributed by atoms with Crippen molar-refractivity contribution in [2.24, 2.45) is 5.73 Å². The molecule has 0 fully saturated rings. The minimum atomic E-state index is -0.569. The van der Waals surface area contributed by atoms with Gasteiger partial charge in [-0.1, -0.05) is 6.07 Å². The van der Waals surface area contributed by atoms with E-state index in [4.69, 9.17) is 16.2 Å². The van der Waals surface area contributed by atoms with Crippen molar-refractivity contribution >= 4 is 11.6 Å². The highest BCUT2D eigenvalue weighted by Gasteiger charge is 2.10. The van der Waals surface area contributed by atoms with Gasteiger partial charge in [0, 0.05) is 11.9 Å². The lowest BCUT2D eigenvalue weighted by Gasteiger charge is -2.11. The molecule has 0 atom stereocenters. The molecule has 1 amide bonds. The Kier molecular flexibility index (Phi) is 3.66. The molecule has 0 unspecified atom stereocenters. The molecule has 0 spiro atoms. The number of ether oxygens (including phenoxy) is 1. The van der Waals surface area contributed by atoms with Crippen LogP contribution in [0.5, 0.6) is 5.75 Å². The summed E-state index contributed by atoms with van der Waals surface area (Å²) >= 11 is 0. The summed E-state index contributed by atoms with van der Waals surface area (Å²) in [4.78, 5) is 15.5. The van der Waals surface area contributed by atoms with E-state index < -0.39 is 5.91 Å². The third kappa shape index (κ3) is 3.01. The molecular formula is C14H15N3O2. The fraction of sp³-hybridized carbons (Fsp3) is 0.143. The number of carbonyl (C=O) groups is 1. The molecule has 98 valence electrons. The van der Waals surface area contributed by atoms with Gasteiger partial charge in [-0.05, 0) is 36.8 Å². The molecule has 0 saturated carbocycles.